The van der Waals surface area contributed by atoms with E-state index in [0.29, 0.717) is 10.5 Å². The fourth-order valence-corrected chi connectivity index (χ4v) is 1.66. The average Bonchev–Trinajstić information content (AvgIpc) is 2.26. The summed E-state index contributed by atoms with van der Waals surface area (Å²) in [6.45, 7) is 0. The number of hydrogen-bond donors (Lipinski definition) is 2. The van der Waals surface area contributed by atoms with E-state index < -0.39 is 5.97 Å². The fourth-order valence-electron chi connectivity index (χ4n) is 1.48. The molecule has 4 nitrogen and oxygen atoms in total. The lowest BCUT2D eigenvalue weighted by Crippen LogP contribution is -2.08. The Balaban J connectivity index is 2.61. The maximum absolute atomic E-state index is 11.6. The number of H-pyrrole nitrogens is 1. The molecule has 0 radical (unpaired) electrons. The number of aromatic nitrogens is 1. The summed E-state index contributed by atoms with van der Waals surface area (Å²) in [5.41, 5.74) is 0.603. The van der Waals surface area contributed by atoms with Crippen molar-refractivity contribution in [2.45, 2.75) is 0 Å². The van der Waals surface area contributed by atoms with Crippen LogP contribution >= 0.6 is 11.6 Å². The Bertz CT molecular complexity index is 673. The van der Waals surface area contributed by atoms with Gasteiger partial charge < -0.3 is 10.1 Å². The highest BCUT2D eigenvalue weighted by atomic mass is 35.5. The minimum absolute atomic E-state index is 0.280. The van der Waals surface area contributed by atoms with Crippen molar-refractivity contribution in [3.63, 3.8) is 0 Å². The van der Waals surface area contributed by atoms with E-state index in [9.17, 15) is 9.59 Å². The molecule has 2 aromatic rings. The molecule has 17 heavy (non-hydrogen) atoms. The maximum atomic E-state index is 11.6. The number of nitrogens with one attached hydrogen (secondary N) is 1. The average molecular weight is 250 g/mol. The smallest absolute Gasteiger partial charge is 0.328 e. The number of carboxylic acid groups (broad SMARTS) is 1. The molecule has 0 aliphatic carbocycles. The van der Waals surface area contributed by atoms with E-state index in [1.807, 2.05) is 0 Å². The van der Waals surface area contributed by atoms with Gasteiger partial charge in [-0.1, -0.05) is 11.6 Å². The molecule has 1 aromatic carbocycles. The van der Waals surface area contributed by atoms with Gasteiger partial charge >= 0.3 is 5.97 Å². The van der Waals surface area contributed by atoms with Gasteiger partial charge in [-0.3, -0.25) is 4.79 Å². The van der Waals surface area contributed by atoms with Gasteiger partial charge in [-0.2, -0.15) is 0 Å². The van der Waals surface area contributed by atoms with E-state index in [2.05, 4.69) is 4.98 Å². The van der Waals surface area contributed by atoms with Crippen molar-refractivity contribution >= 4 is 34.5 Å². The summed E-state index contributed by atoms with van der Waals surface area (Å²) < 4.78 is 0. The van der Waals surface area contributed by atoms with Gasteiger partial charge in [-0.05, 0) is 30.3 Å². The molecule has 0 saturated carbocycles. The third-order valence-electron chi connectivity index (χ3n) is 2.24. The Morgan fingerprint density at radius 2 is 2.12 bits per heavy atom. The van der Waals surface area contributed by atoms with Gasteiger partial charge in [0.1, 0.15) is 0 Å². The van der Waals surface area contributed by atoms with E-state index in [4.69, 9.17) is 16.7 Å². The quantitative estimate of drug-likeness (QED) is 0.802. The van der Waals surface area contributed by atoms with Crippen LogP contribution in [0.15, 0.2) is 35.1 Å². The molecule has 0 saturated heterocycles. The maximum Gasteiger partial charge on any atom is 0.328 e. The number of hydrogen-bond acceptors (Lipinski definition) is 2. The summed E-state index contributed by atoms with van der Waals surface area (Å²) in [6.07, 6.45) is 2.17. The molecule has 0 aliphatic rings. The Labute approximate surface area is 101 Å². The minimum Gasteiger partial charge on any atom is -0.478 e. The van der Waals surface area contributed by atoms with Crippen molar-refractivity contribution in [3.8, 4) is 0 Å². The van der Waals surface area contributed by atoms with E-state index in [1.54, 1.807) is 24.3 Å². The SMILES string of the molecule is O=C(O)/C=C/c1cc2cc(Cl)ccc2[nH]c1=O. The van der Waals surface area contributed by atoms with Gasteiger partial charge in [-0.15, -0.1) is 0 Å². The summed E-state index contributed by atoms with van der Waals surface area (Å²) in [5.74, 6) is -1.10. The number of halogens is 1. The van der Waals surface area contributed by atoms with Crippen LogP contribution in [-0.4, -0.2) is 16.1 Å². The van der Waals surface area contributed by atoms with Gasteiger partial charge in [0.2, 0.25) is 0 Å². The van der Waals surface area contributed by atoms with Gasteiger partial charge in [0.25, 0.3) is 5.56 Å². The van der Waals surface area contributed by atoms with Crippen LogP contribution in [0.1, 0.15) is 5.56 Å². The second kappa shape index (κ2) is 4.43. The van der Waals surface area contributed by atoms with Crippen LogP contribution < -0.4 is 5.56 Å². The van der Waals surface area contributed by atoms with Crippen molar-refractivity contribution in [1.82, 2.24) is 4.98 Å². The van der Waals surface area contributed by atoms with Crippen LogP contribution in [0.3, 0.4) is 0 Å². The van der Waals surface area contributed by atoms with Crippen molar-refractivity contribution in [1.29, 1.82) is 0 Å². The normalized spacial score (nSPS) is 11.1. The number of benzene rings is 1. The van der Waals surface area contributed by atoms with Crippen molar-refractivity contribution < 1.29 is 9.90 Å². The lowest BCUT2D eigenvalue weighted by Gasteiger charge is -2.00. The Morgan fingerprint density at radius 3 is 2.82 bits per heavy atom. The van der Waals surface area contributed by atoms with E-state index in [0.717, 1.165) is 11.5 Å². The van der Waals surface area contributed by atoms with Crippen molar-refractivity contribution in [2.24, 2.45) is 0 Å². The topological polar surface area (TPSA) is 70.2 Å². The molecular weight excluding hydrogens is 242 g/mol. The monoisotopic (exact) mass is 249 g/mol. The first-order valence-electron chi connectivity index (χ1n) is 4.80. The molecule has 0 aliphatic heterocycles. The highest BCUT2D eigenvalue weighted by Crippen LogP contribution is 2.17. The zero-order valence-corrected chi connectivity index (χ0v) is 9.36. The number of rotatable bonds is 2. The first kappa shape index (κ1) is 11.4. The summed E-state index contributed by atoms with van der Waals surface area (Å²) in [4.78, 5) is 24.6. The minimum atomic E-state index is -1.10. The molecule has 2 rings (SSSR count). The van der Waals surface area contributed by atoms with Crippen LogP contribution in [0.4, 0.5) is 0 Å². The van der Waals surface area contributed by atoms with Gasteiger partial charge in [0.05, 0.1) is 0 Å². The Hall–Kier alpha value is -2.07. The molecule has 0 fully saturated rings. The van der Waals surface area contributed by atoms with E-state index in [-0.39, 0.29) is 11.1 Å². The highest BCUT2D eigenvalue weighted by Gasteiger charge is 2.01. The Kier molecular flexibility index (Phi) is 2.97. The van der Waals surface area contributed by atoms with Crippen molar-refractivity contribution in [2.75, 3.05) is 0 Å². The van der Waals surface area contributed by atoms with Crippen molar-refractivity contribution in [3.05, 3.63) is 51.3 Å². The number of aliphatic carboxylic acids is 1. The van der Waals surface area contributed by atoms with E-state index in [1.165, 1.54) is 6.08 Å². The number of pyridine rings is 1. The third kappa shape index (κ3) is 2.54. The predicted molar refractivity (Wildman–Crippen MR) is 66.2 cm³/mol. The first-order chi connectivity index (χ1) is 8.06. The summed E-state index contributed by atoms with van der Waals surface area (Å²) in [7, 11) is 0. The molecule has 0 bridgehead atoms. The largest absolute Gasteiger partial charge is 0.478 e. The Morgan fingerprint density at radius 1 is 1.35 bits per heavy atom. The zero-order chi connectivity index (χ0) is 12.4. The molecule has 1 aromatic heterocycles. The summed E-state index contributed by atoms with van der Waals surface area (Å²) in [5, 5.41) is 9.81. The van der Waals surface area contributed by atoms with Gasteiger partial charge in [-0.25, -0.2) is 4.79 Å². The lowest BCUT2D eigenvalue weighted by atomic mass is 10.1. The molecular formula is C12H8ClNO3. The lowest BCUT2D eigenvalue weighted by molar-refractivity contribution is -0.131. The number of carboxylic acids is 1. The predicted octanol–water partition coefficient (Wildman–Crippen LogP) is 2.28. The van der Waals surface area contributed by atoms with Crippen LogP contribution in [0.2, 0.25) is 5.02 Å². The molecule has 1 heterocycles. The second-order valence-corrected chi connectivity index (χ2v) is 3.89. The third-order valence-corrected chi connectivity index (χ3v) is 2.48. The summed E-state index contributed by atoms with van der Waals surface area (Å²) >= 11 is 5.83. The molecule has 0 spiro atoms. The van der Waals surface area contributed by atoms with Crippen LogP contribution in [0.5, 0.6) is 0 Å². The number of fused-ring (bicyclic) bond motifs is 1. The zero-order valence-electron chi connectivity index (χ0n) is 8.61. The summed E-state index contributed by atoms with van der Waals surface area (Å²) in [6, 6.07) is 6.67. The molecule has 0 atom stereocenters. The van der Waals surface area contributed by atoms with Gasteiger partial charge in [0.15, 0.2) is 0 Å². The molecule has 86 valence electrons. The molecule has 2 N–H and O–H groups in total. The van der Waals surface area contributed by atoms with Crippen LogP contribution in [0, 0.1) is 0 Å². The van der Waals surface area contributed by atoms with Gasteiger partial charge in [0, 0.05) is 27.6 Å². The second-order valence-electron chi connectivity index (χ2n) is 3.46. The first-order valence-corrected chi connectivity index (χ1v) is 5.17. The molecule has 0 amide bonds. The number of aromatic amines is 1. The highest BCUT2D eigenvalue weighted by molar-refractivity contribution is 6.31. The number of carbonyl (C=O) groups is 1. The van der Waals surface area contributed by atoms with E-state index >= 15 is 0 Å². The molecule has 5 heteroatoms. The standard InChI is InChI=1S/C12H8ClNO3/c13-9-2-3-10-8(6-9)5-7(12(17)14-10)1-4-11(15)16/h1-6H,(H,14,17)(H,15,16)/b4-1+. The fraction of sp³-hybridized carbons (Fsp3) is 0. The van der Waals surface area contributed by atoms with Crippen LogP contribution in [0.25, 0.3) is 17.0 Å². The van der Waals surface area contributed by atoms with Crippen LogP contribution in [-0.2, 0) is 4.79 Å². The molecule has 0 unspecified atom stereocenters.